The van der Waals surface area contributed by atoms with Crippen molar-refractivity contribution in [3.8, 4) is 0 Å². The minimum Gasteiger partial charge on any atom is -0.260 e. The summed E-state index contributed by atoms with van der Waals surface area (Å²) in [7, 11) is -13.2. The highest BCUT2D eigenvalue weighted by molar-refractivity contribution is 7.90. The summed E-state index contributed by atoms with van der Waals surface area (Å²) in [5.74, 6) is -58.7. The molecule has 0 aromatic heterocycles. The van der Waals surface area contributed by atoms with Crippen molar-refractivity contribution in [2.45, 2.75) is 70.0 Å². The van der Waals surface area contributed by atoms with Gasteiger partial charge in [-0.25, -0.2) is 17.6 Å². The third-order valence-corrected chi connectivity index (χ3v) is 9.05. The van der Waals surface area contributed by atoms with Gasteiger partial charge < -0.3 is 0 Å². The second-order valence-electron chi connectivity index (χ2n) is 9.60. The third kappa shape index (κ3) is 6.86. The molecule has 0 N–H and O–H groups in total. The largest absolute Gasteiger partial charge is 0.384 e. The molecular weight excluding hydrogens is 804 g/mol. The smallest absolute Gasteiger partial charge is 0.260 e. The average molecular weight is 816 g/mol. The van der Waals surface area contributed by atoms with E-state index in [2.05, 4.69) is 8.37 Å². The number of alkyl halides is 20. The molecule has 50 heavy (non-hydrogen) atoms. The zero-order chi connectivity index (χ0) is 39.5. The summed E-state index contributed by atoms with van der Waals surface area (Å²) in [6.45, 7) is -7.42. The van der Waals surface area contributed by atoms with E-state index >= 15 is 0 Å². The Morgan fingerprint density at radius 2 is 0.860 bits per heavy atom. The van der Waals surface area contributed by atoms with E-state index in [1.807, 2.05) is 0 Å². The monoisotopic (exact) mass is 816 g/mol. The molecule has 0 radical (unpaired) electrons. The molecule has 0 aliphatic rings. The van der Waals surface area contributed by atoms with Gasteiger partial charge in [0.1, 0.15) is 23.0 Å². The molecule has 0 saturated heterocycles. The Morgan fingerprint density at radius 1 is 0.500 bits per heavy atom. The predicted octanol–water partition coefficient (Wildman–Crippen LogP) is 7.86. The van der Waals surface area contributed by atoms with Crippen molar-refractivity contribution in [2.75, 3.05) is 13.2 Å². The van der Waals surface area contributed by atoms with Gasteiger partial charge in [0.15, 0.2) is 0 Å². The normalized spacial score (nSPS) is 15.4. The lowest BCUT2D eigenvalue weighted by atomic mass is 9.99. The van der Waals surface area contributed by atoms with Crippen LogP contribution in [0.1, 0.15) is 0 Å². The van der Waals surface area contributed by atoms with Crippen molar-refractivity contribution in [2.24, 2.45) is 0 Å². The average Bonchev–Trinajstić information content (AvgIpc) is 2.97. The van der Waals surface area contributed by atoms with E-state index in [1.165, 1.54) is 0 Å². The van der Waals surface area contributed by atoms with Gasteiger partial charge in [0, 0.05) is 5.39 Å². The number of halogens is 20. The molecule has 2 aromatic rings. The van der Waals surface area contributed by atoms with Gasteiger partial charge in [-0.1, -0.05) is 30.3 Å². The summed E-state index contributed by atoms with van der Waals surface area (Å²) in [6, 6.07) is 3.36. The van der Waals surface area contributed by atoms with Gasteiger partial charge in [-0.2, -0.15) is 87.1 Å². The summed E-state index contributed by atoms with van der Waals surface area (Å²) < 4.78 is 325. The molecule has 288 valence electrons. The number of fused-ring (bicyclic) bond motifs is 1. The molecule has 0 aliphatic carbocycles. The minimum atomic E-state index is -7.67. The summed E-state index contributed by atoms with van der Waals surface area (Å²) in [5.41, 5.74) is 0. The van der Waals surface area contributed by atoms with Crippen LogP contribution in [0, 0.1) is 0 Å². The van der Waals surface area contributed by atoms with Crippen LogP contribution < -0.4 is 0 Å². The Hall–Kier alpha value is -2.88. The summed E-state index contributed by atoms with van der Waals surface area (Å²) in [5, 5.41) is -1.73. The van der Waals surface area contributed by atoms with Crippen LogP contribution in [-0.4, -0.2) is 90.3 Å². The van der Waals surface area contributed by atoms with Crippen LogP contribution in [0.15, 0.2) is 46.2 Å². The molecule has 28 heteroatoms. The Kier molecular flexibility index (Phi) is 11.2. The lowest BCUT2D eigenvalue weighted by molar-refractivity contribution is -0.385. The molecule has 0 heterocycles. The topological polar surface area (TPSA) is 86.7 Å². The molecule has 0 atom stereocenters. The van der Waals surface area contributed by atoms with Crippen LogP contribution >= 0.6 is 0 Å². The SMILES string of the molecule is O=S(=O)(OCC(F)(F)C(F)(F)C(F)(F)C(F)(F)C(F)F)c1ccc2ccccc2c1S(=O)(=O)OCC(F)(F)C(F)(F)C(F)(F)C(F)(F)C(F)F. The Labute approximate surface area is 264 Å². The van der Waals surface area contributed by atoms with E-state index in [0.29, 0.717) is 12.1 Å². The van der Waals surface area contributed by atoms with Gasteiger partial charge in [0.25, 0.3) is 20.2 Å². The van der Waals surface area contributed by atoms with Crippen LogP contribution in [0.3, 0.4) is 0 Å². The van der Waals surface area contributed by atoms with Crippen molar-refractivity contribution in [3.63, 3.8) is 0 Å². The number of rotatable bonds is 16. The molecule has 0 amide bonds. The van der Waals surface area contributed by atoms with Crippen molar-refractivity contribution in [1.29, 1.82) is 0 Å². The standard InChI is InChI=1S/C22H12F20O6S2/c23-13(24)17(31,32)21(39,40)19(35,36)15(27,28)7-47-49(43,44)11-6-5-9-3-1-2-4-10(9)12(11)50(45,46)48-8-16(29,30)20(37,38)22(41,42)18(33,34)14(25)26/h1-6,13-14H,7-8H2. The second kappa shape index (κ2) is 13.0. The first kappa shape index (κ1) is 43.3. The van der Waals surface area contributed by atoms with Gasteiger partial charge in [0.05, 0.1) is 0 Å². The van der Waals surface area contributed by atoms with Crippen molar-refractivity contribution in [1.82, 2.24) is 0 Å². The molecule has 0 fully saturated rings. The Morgan fingerprint density at radius 3 is 1.24 bits per heavy atom. The first-order valence-corrected chi connectivity index (χ1v) is 14.7. The van der Waals surface area contributed by atoms with Crippen LogP contribution in [0.25, 0.3) is 10.8 Å². The maximum Gasteiger partial charge on any atom is 0.384 e. The quantitative estimate of drug-likeness (QED) is 0.127. The highest BCUT2D eigenvalue weighted by Gasteiger charge is 2.84. The van der Waals surface area contributed by atoms with E-state index < -0.39 is 114 Å². The maximum absolute atomic E-state index is 14.1. The second-order valence-corrected chi connectivity index (χ2v) is 12.7. The first-order valence-electron chi connectivity index (χ1n) is 11.9. The molecule has 0 saturated carbocycles. The number of hydrogen-bond donors (Lipinski definition) is 0. The molecule has 0 bridgehead atoms. The summed E-state index contributed by atoms with van der Waals surface area (Å²) >= 11 is 0. The minimum absolute atomic E-state index is 0.103. The summed E-state index contributed by atoms with van der Waals surface area (Å²) in [6.07, 6.45) is -11.5. The molecule has 0 spiro atoms. The lowest BCUT2D eigenvalue weighted by Gasteiger charge is -2.36. The molecule has 0 aliphatic heterocycles. The zero-order valence-electron chi connectivity index (χ0n) is 22.9. The van der Waals surface area contributed by atoms with Gasteiger partial charge in [-0.3, -0.25) is 8.37 Å². The van der Waals surface area contributed by atoms with E-state index in [1.54, 1.807) is 0 Å². The van der Waals surface area contributed by atoms with Crippen LogP contribution in [0.5, 0.6) is 0 Å². The zero-order valence-corrected chi connectivity index (χ0v) is 24.5. The maximum atomic E-state index is 14.1. The van der Waals surface area contributed by atoms with Crippen molar-refractivity contribution >= 4 is 31.0 Å². The molecule has 2 aromatic carbocycles. The fraction of sp³-hybridized carbons (Fsp3) is 0.545. The van der Waals surface area contributed by atoms with Crippen LogP contribution in [0.2, 0.25) is 0 Å². The van der Waals surface area contributed by atoms with E-state index in [4.69, 9.17) is 0 Å². The first-order chi connectivity index (χ1) is 22.0. The number of benzene rings is 2. The third-order valence-electron chi connectivity index (χ3n) is 6.25. The van der Waals surface area contributed by atoms with Gasteiger partial charge in [0.2, 0.25) is 0 Å². The van der Waals surface area contributed by atoms with Gasteiger partial charge in [-0.15, -0.1) is 0 Å². The van der Waals surface area contributed by atoms with Crippen LogP contribution in [-0.2, 0) is 28.6 Å². The van der Waals surface area contributed by atoms with Gasteiger partial charge >= 0.3 is 60.2 Å². The highest BCUT2D eigenvalue weighted by Crippen LogP contribution is 2.56. The molecule has 0 unspecified atom stereocenters. The van der Waals surface area contributed by atoms with E-state index in [-0.39, 0.29) is 6.07 Å². The van der Waals surface area contributed by atoms with E-state index in [0.717, 1.165) is 18.2 Å². The van der Waals surface area contributed by atoms with Crippen molar-refractivity contribution < 1.29 is 113 Å². The molecule has 2 rings (SSSR count). The van der Waals surface area contributed by atoms with Crippen molar-refractivity contribution in [3.05, 3.63) is 36.4 Å². The highest BCUT2D eigenvalue weighted by atomic mass is 32.2. The fourth-order valence-electron chi connectivity index (χ4n) is 3.44. The van der Waals surface area contributed by atoms with Crippen LogP contribution in [0.4, 0.5) is 87.8 Å². The Balaban J connectivity index is 2.63. The fourth-order valence-corrected chi connectivity index (χ4v) is 6.24. The Bertz CT molecular complexity index is 1780. The molecule has 6 nitrogen and oxygen atoms in total. The predicted molar refractivity (Wildman–Crippen MR) is 122 cm³/mol. The molecular formula is C22H12F20O6S2. The van der Waals surface area contributed by atoms with Gasteiger partial charge in [-0.05, 0) is 11.5 Å². The lowest BCUT2D eigenvalue weighted by Crippen LogP contribution is -2.65. The van der Waals surface area contributed by atoms with E-state index in [9.17, 15) is 105 Å². The summed E-state index contributed by atoms with van der Waals surface area (Å²) in [4.78, 5) is -4.46. The number of hydrogen-bond acceptors (Lipinski definition) is 6.